The van der Waals surface area contributed by atoms with Gasteiger partial charge in [0, 0.05) is 31.5 Å². The van der Waals surface area contributed by atoms with E-state index < -0.39 is 0 Å². The quantitative estimate of drug-likeness (QED) is 0.833. The van der Waals surface area contributed by atoms with Gasteiger partial charge in [-0.15, -0.1) is 0 Å². The standard InChI is InChI=1S/C12H21N3O/c1-2-14-7-8-15(12(14)16)9-11(13)10-5-3-4-6-10/h7-8,10-11H,2-6,9,13H2,1H3. The van der Waals surface area contributed by atoms with Crippen LogP contribution >= 0.6 is 0 Å². The number of aryl methyl sites for hydroxylation is 1. The average Bonchev–Trinajstić information content (AvgIpc) is 2.89. The van der Waals surface area contributed by atoms with Crippen molar-refractivity contribution in [3.05, 3.63) is 22.9 Å². The fourth-order valence-electron chi connectivity index (χ4n) is 2.59. The molecule has 4 nitrogen and oxygen atoms in total. The summed E-state index contributed by atoms with van der Waals surface area (Å²) < 4.78 is 3.45. The van der Waals surface area contributed by atoms with Crippen molar-refractivity contribution in [3.8, 4) is 0 Å². The van der Waals surface area contributed by atoms with Crippen molar-refractivity contribution in [2.75, 3.05) is 0 Å². The highest BCUT2D eigenvalue weighted by molar-refractivity contribution is 4.85. The van der Waals surface area contributed by atoms with Gasteiger partial charge in [-0.2, -0.15) is 0 Å². The molecule has 0 spiro atoms. The molecule has 0 bridgehead atoms. The second-order valence-electron chi connectivity index (χ2n) is 4.73. The van der Waals surface area contributed by atoms with Gasteiger partial charge in [0.2, 0.25) is 0 Å². The van der Waals surface area contributed by atoms with Crippen LogP contribution in [-0.2, 0) is 13.1 Å². The Bertz CT molecular complexity index is 387. The van der Waals surface area contributed by atoms with Gasteiger partial charge in [-0.3, -0.25) is 9.13 Å². The molecule has 0 saturated heterocycles. The number of hydrogen-bond donors (Lipinski definition) is 1. The zero-order valence-electron chi connectivity index (χ0n) is 9.93. The van der Waals surface area contributed by atoms with Gasteiger partial charge >= 0.3 is 5.69 Å². The number of imidazole rings is 1. The first kappa shape index (κ1) is 11.5. The van der Waals surface area contributed by atoms with Crippen molar-refractivity contribution in [2.45, 2.75) is 51.7 Å². The van der Waals surface area contributed by atoms with Gasteiger partial charge in [0.05, 0.1) is 0 Å². The summed E-state index contributed by atoms with van der Waals surface area (Å²) in [5.74, 6) is 0.608. The van der Waals surface area contributed by atoms with Crippen LogP contribution in [0.25, 0.3) is 0 Å². The van der Waals surface area contributed by atoms with Crippen molar-refractivity contribution in [2.24, 2.45) is 11.7 Å². The number of nitrogens with two attached hydrogens (primary N) is 1. The van der Waals surface area contributed by atoms with Gasteiger partial charge < -0.3 is 5.73 Å². The van der Waals surface area contributed by atoms with E-state index in [0.29, 0.717) is 12.5 Å². The molecule has 1 aliphatic rings. The predicted molar refractivity (Wildman–Crippen MR) is 64.3 cm³/mol. The van der Waals surface area contributed by atoms with E-state index in [9.17, 15) is 4.79 Å². The fraction of sp³-hybridized carbons (Fsp3) is 0.750. The van der Waals surface area contributed by atoms with Crippen molar-refractivity contribution >= 4 is 0 Å². The highest BCUT2D eigenvalue weighted by Gasteiger charge is 2.22. The Morgan fingerprint density at radius 3 is 2.56 bits per heavy atom. The molecule has 0 radical (unpaired) electrons. The van der Waals surface area contributed by atoms with Gasteiger partial charge in [-0.1, -0.05) is 12.8 Å². The highest BCUT2D eigenvalue weighted by atomic mass is 16.1. The Morgan fingerprint density at radius 2 is 2.00 bits per heavy atom. The Morgan fingerprint density at radius 1 is 1.38 bits per heavy atom. The lowest BCUT2D eigenvalue weighted by molar-refractivity contribution is 0.382. The third-order valence-corrected chi connectivity index (χ3v) is 3.67. The van der Waals surface area contributed by atoms with Crippen LogP contribution in [0.3, 0.4) is 0 Å². The van der Waals surface area contributed by atoms with Crippen LogP contribution in [0.15, 0.2) is 17.2 Å². The van der Waals surface area contributed by atoms with E-state index >= 15 is 0 Å². The van der Waals surface area contributed by atoms with E-state index in [-0.39, 0.29) is 11.7 Å². The van der Waals surface area contributed by atoms with E-state index in [1.54, 1.807) is 9.13 Å². The Kier molecular flexibility index (Phi) is 3.49. The lowest BCUT2D eigenvalue weighted by Gasteiger charge is -2.18. The molecule has 0 aromatic carbocycles. The average molecular weight is 223 g/mol. The molecule has 4 heteroatoms. The molecule has 0 amide bonds. The second kappa shape index (κ2) is 4.87. The first-order valence-electron chi connectivity index (χ1n) is 6.23. The molecular formula is C12H21N3O. The molecule has 90 valence electrons. The van der Waals surface area contributed by atoms with Crippen LogP contribution in [0.2, 0.25) is 0 Å². The molecule has 0 aliphatic heterocycles. The number of hydrogen-bond acceptors (Lipinski definition) is 2. The molecule has 1 aliphatic carbocycles. The molecule has 1 aromatic rings. The van der Waals surface area contributed by atoms with Crippen LogP contribution < -0.4 is 11.4 Å². The normalized spacial score (nSPS) is 19.1. The zero-order valence-corrected chi connectivity index (χ0v) is 9.93. The molecule has 1 heterocycles. The Hall–Kier alpha value is -1.03. The minimum Gasteiger partial charge on any atom is -0.326 e. The summed E-state index contributed by atoms with van der Waals surface area (Å²) in [6.45, 7) is 3.36. The van der Waals surface area contributed by atoms with E-state index in [0.717, 1.165) is 6.54 Å². The lowest BCUT2D eigenvalue weighted by Crippen LogP contribution is -2.37. The number of nitrogens with zero attached hydrogens (tertiary/aromatic N) is 2. The minimum atomic E-state index is 0.0657. The molecule has 2 N–H and O–H groups in total. The summed E-state index contributed by atoms with van der Waals surface area (Å²) >= 11 is 0. The summed E-state index contributed by atoms with van der Waals surface area (Å²) in [6, 6.07) is 0.132. The highest BCUT2D eigenvalue weighted by Crippen LogP contribution is 2.27. The first-order chi connectivity index (χ1) is 7.72. The van der Waals surface area contributed by atoms with Gasteiger partial charge in [0.15, 0.2) is 0 Å². The van der Waals surface area contributed by atoms with E-state index in [1.807, 2.05) is 19.3 Å². The molecule has 2 rings (SSSR count). The van der Waals surface area contributed by atoms with Gasteiger partial charge in [0.1, 0.15) is 0 Å². The monoisotopic (exact) mass is 223 g/mol. The number of rotatable bonds is 4. The summed E-state index contributed by atoms with van der Waals surface area (Å²) in [7, 11) is 0. The summed E-state index contributed by atoms with van der Waals surface area (Å²) in [5.41, 5.74) is 6.23. The largest absolute Gasteiger partial charge is 0.328 e. The van der Waals surface area contributed by atoms with E-state index in [1.165, 1.54) is 25.7 Å². The molecule has 1 saturated carbocycles. The van der Waals surface area contributed by atoms with Crippen LogP contribution in [-0.4, -0.2) is 15.2 Å². The zero-order chi connectivity index (χ0) is 11.5. The molecule has 1 fully saturated rings. The summed E-state index contributed by atoms with van der Waals surface area (Å²) in [5, 5.41) is 0. The van der Waals surface area contributed by atoms with Crippen molar-refractivity contribution in [1.82, 2.24) is 9.13 Å². The lowest BCUT2D eigenvalue weighted by atomic mass is 9.99. The third kappa shape index (κ3) is 2.21. The van der Waals surface area contributed by atoms with Gasteiger partial charge in [0.25, 0.3) is 0 Å². The molecule has 1 unspecified atom stereocenters. The Balaban J connectivity index is 2.02. The van der Waals surface area contributed by atoms with Gasteiger partial charge in [-0.05, 0) is 25.7 Å². The van der Waals surface area contributed by atoms with Crippen LogP contribution in [0.4, 0.5) is 0 Å². The second-order valence-corrected chi connectivity index (χ2v) is 4.73. The summed E-state index contributed by atoms with van der Waals surface area (Å²) in [4.78, 5) is 11.8. The molecule has 1 aromatic heterocycles. The third-order valence-electron chi connectivity index (χ3n) is 3.67. The maximum absolute atomic E-state index is 11.8. The molecular weight excluding hydrogens is 202 g/mol. The smallest absolute Gasteiger partial charge is 0.326 e. The maximum Gasteiger partial charge on any atom is 0.328 e. The van der Waals surface area contributed by atoms with Crippen molar-refractivity contribution in [1.29, 1.82) is 0 Å². The van der Waals surface area contributed by atoms with Crippen molar-refractivity contribution < 1.29 is 0 Å². The first-order valence-corrected chi connectivity index (χ1v) is 6.23. The Labute approximate surface area is 96.1 Å². The number of aromatic nitrogens is 2. The van der Waals surface area contributed by atoms with Gasteiger partial charge in [-0.25, -0.2) is 4.79 Å². The predicted octanol–water partition coefficient (Wildman–Crippen LogP) is 1.19. The molecule has 16 heavy (non-hydrogen) atoms. The van der Waals surface area contributed by atoms with E-state index in [2.05, 4.69) is 0 Å². The van der Waals surface area contributed by atoms with E-state index in [4.69, 9.17) is 5.73 Å². The van der Waals surface area contributed by atoms with Crippen LogP contribution in [0, 0.1) is 5.92 Å². The SMILES string of the molecule is CCn1ccn(CC(N)C2CCCC2)c1=O. The molecule has 1 atom stereocenters. The maximum atomic E-state index is 11.8. The van der Waals surface area contributed by atoms with Crippen LogP contribution in [0.5, 0.6) is 0 Å². The topological polar surface area (TPSA) is 52.9 Å². The summed E-state index contributed by atoms with van der Waals surface area (Å²) in [6.07, 6.45) is 8.73. The van der Waals surface area contributed by atoms with Crippen LogP contribution in [0.1, 0.15) is 32.6 Å². The van der Waals surface area contributed by atoms with Crippen molar-refractivity contribution in [3.63, 3.8) is 0 Å². The minimum absolute atomic E-state index is 0.0657. The fourth-order valence-corrected chi connectivity index (χ4v) is 2.59.